The number of aldehydes is 1. The summed E-state index contributed by atoms with van der Waals surface area (Å²) in [6, 6.07) is 1.88. The second kappa shape index (κ2) is 4.80. The number of carbonyl (C=O) groups is 1. The van der Waals surface area contributed by atoms with Gasteiger partial charge in [-0.15, -0.1) is 0 Å². The van der Waals surface area contributed by atoms with Gasteiger partial charge in [-0.25, -0.2) is 8.42 Å². The zero-order valence-electron chi connectivity index (χ0n) is 8.71. The van der Waals surface area contributed by atoms with Crippen LogP contribution >= 0.6 is 10.7 Å². The van der Waals surface area contributed by atoms with E-state index < -0.39 is 24.6 Å². The van der Waals surface area contributed by atoms with Crippen molar-refractivity contribution in [2.75, 3.05) is 0 Å². The van der Waals surface area contributed by atoms with Gasteiger partial charge in [0.25, 0.3) is 14.7 Å². The Labute approximate surface area is 102 Å². The van der Waals surface area contributed by atoms with Crippen molar-refractivity contribution >= 4 is 31.7 Å². The van der Waals surface area contributed by atoms with Gasteiger partial charge in [-0.3, -0.25) is 14.9 Å². The van der Waals surface area contributed by atoms with Crippen LogP contribution in [0.5, 0.6) is 0 Å². The summed E-state index contributed by atoms with van der Waals surface area (Å²) in [4.78, 5) is 20.2. The standard InChI is InChI=1S/C9H8ClNO5S/c1-2-8-6(5-12)3-7(11(13)14)4-9(8)17(10,15)16/h3-5H,2H2,1H3. The molecule has 0 spiro atoms. The summed E-state index contributed by atoms with van der Waals surface area (Å²) >= 11 is 0. The van der Waals surface area contributed by atoms with E-state index in [1.165, 1.54) is 0 Å². The Morgan fingerprint density at radius 1 is 1.47 bits per heavy atom. The first-order valence-electron chi connectivity index (χ1n) is 4.52. The monoisotopic (exact) mass is 277 g/mol. The lowest BCUT2D eigenvalue weighted by Gasteiger charge is -2.07. The molecular weight excluding hydrogens is 270 g/mol. The predicted molar refractivity (Wildman–Crippen MR) is 60.9 cm³/mol. The molecule has 0 N–H and O–H groups in total. The topological polar surface area (TPSA) is 94.3 Å². The number of hydrogen-bond acceptors (Lipinski definition) is 5. The van der Waals surface area contributed by atoms with Crippen LogP contribution in [0.3, 0.4) is 0 Å². The minimum Gasteiger partial charge on any atom is -0.298 e. The first-order valence-corrected chi connectivity index (χ1v) is 6.83. The van der Waals surface area contributed by atoms with Crippen LogP contribution in [0.1, 0.15) is 22.8 Å². The first-order chi connectivity index (χ1) is 7.81. The molecule has 0 amide bonds. The molecule has 0 heterocycles. The molecule has 1 aromatic rings. The van der Waals surface area contributed by atoms with Gasteiger partial charge < -0.3 is 0 Å². The molecule has 0 radical (unpaired) electrons. The minimum atomic E-state index is -4.13. The van der Waals surface area contributed by atoms with Crippen molar-refractivity contribution in [1.29, 1.82) is 0 Å². The summed E-state index contributed by atoms with van der Waals surface area (Å²) in [6.07, 6.45) is 0.602. The third-order valence-corrected chi connectivity index (χ3v) is 3.57. The number of carbonyl (C=O) groups excluding carboxylic acids is 1. The molecule has 1 rings (SSSR count). The molecule has 0 atom stereocenters. The summed E-state index contributed by atoms with van der Waals surface area (Å²) in [6.45, 7) is 1.62. The van der Waals surface area contributed by atoms with Crippen LogP contribution in [0.2, 0.25) is 0 Å². The molecule has 6 nitrogen and oxygen atoms in total. The van der Waals surface area contributed by atoms with Crippen LogP contribution in [-0.4, -0.2) is 19.6 Å². The molecule has 0 saturated carbocycles. The fourth-order valence-corrected chi connectivity index (χ4v) is 2.69. The Morgan fingerprint density at radius 2 is 2.06 bits per heavy atom. The van der Waals surface area contributed by atoms with Gasteiger partial charge in [0.05, 0.1) is 9.82 Å². The van der Waals surface area contributed by atoms with Gasteiger partial charge in [0.2, 0.25) is 0 Å². The van der Waals surface area contributed by atoms with Gasteiger partial charge in [-0.2, -0.15) is 0 Å². The van der Waals surface area contributed by atoms with Crippen molar-refractivity contribution in [1.82, 2.24) is 0 Å². The number of hydrogen-bond donors (Lipinski definition) is 0. The summed E-state index contributed by atoms with van der Waals surface area (Å²) in [5.41, 5.74) is -0.343. The predicted octanol–water partition coefficient (Wildman–Crippen LogP) is 1.90. The van der Waals surface area contributed by atoms with Gasteiger partial charge in [0.15, 0.2) is 6.29 Å². The molecule has 0 aliphatic heterocycles. The van der Waals surface area contributed by atoms with Crippen molar-refractivity contribution in [3.63, 3.8) is 0 Å². The molecule has 0 unspecified atom stereocenters. The van der Waals surface area contributed by atoms with Crippen LogP contribution in [0.25, 0.3) is 0 Å². The van der Waals surface area contributed by atoms with E-state index in [9.17, 15) is 23.3 Å². The second-order valence-corrected chi connectivity index (χ2v) is 5.71. The zero-order valence-corrected chi connectivity index (χ0v) is 10.3. The molecule has 92 valence electrons. The van der Waals surface area contributed by atoms with Crippen LogP contribution in [0, 0.1) is 10.1 Å². The minimum absolute atomic E-state index is 0.0408. The van der Waals surface area contributed by atoms with Gasteiger partial charge in [0.1, 0.15) is 0 Å². The maximum atomic E-state index is 11.3. The molecule has 0 saturated heterocycles. The van der Waals surface area contributed by atoms with Crippen LogP contribution in [0.4, 0.5) is 5.69 Å². The van der Waals surface area contributed by atoms with Crippen molar-refractivity contribution in [2.24, 2.45) is 0 Å². The highest BCUT2D eigenvalue weighted by Gasteiger charge is 2.22. The quantitative estimate of drug-likeness (QED) is 0.362. The zero-order chi connectivity index (χ0) is 13.2. The van der Waals surface area contributed by atoms with Gasteiger partial charge in [0, 0.05) is 28.4 Å². The normalized spacial score (nSPS) is 11.2. The number of nitro benzene ring substituents is 1. The van der Waals surface area contributed by atoms with E-state index in [1.807, 2.05) is 0 Å². The molecular formula is C9H8ClNO5S. The number of rotatable bonds is 4. The van der Waals surface area contributed by atoms with Gasteiger partial charge >= 0.3 is 0 Å². The Kier molecular flexibility index (Phi) is 3.84. The van der Waals surface area contributed by atoms with Crippen molar-refractivity contribution in [3.05, 3.63) is 33.4 Å². The average molecular weight is 278 g/mol. The van der Waals surface area contributed by atoms with E-state index in [-0.39, 0.29) is 17.5 Å². The van der Waals surface area contributed by atoms with E-state index in [1.54, 1.807) is 6.92 Å². The number of nitro groups is 1. The largest absolute Gasteiger partial charge is 0.298 e. The Morgan fingerprint density at radius 3 is 2.41 bits per heavy atom. The second-order valence-electron chi connectivity index (χ2n) is 3.18. The number of halogens is 1. The summed E-state index contributed by atoms with van der Waals surface area (Å²) in [5, 5.41) is 10.6. The maximum Gasteiger partial charge on any atom is 0.271 e. The first kappa shape index (κ1) is 13.6. The SMILES string of the molecule is CCc1c(C=O)cc([N+](=O)[O-])cc1S(=O)(=O)Cl. The van der Waals surface area contributed by atoms with Gasteiger partial charge in [-0.1, -0.05) is 6.92 Å². The molecule has 0 bridgehead atoms. The van der Waals surface area contributed by atoms with Crippen LogP contribution < -0.4 is 0 Å². The highest BCUT2D eigenvalue weighted by Crippen LogP contribution is 2.28. The Balaban J connectivity index is 3.72. The van der Waals surface area contributed by atoms with Crippen LogP contribution in [-0.2, 0) is 15.5 Å². The van der Waals surface area contributed by atoms with Gasteiger partial charge in [-0.05, 0) is 12.0 Å². The molecule has 1 aromatic carbocycles. The van der Waals surface area contributed by atoms with E-state index in [0.717, 1.165) is 12.1 Å². The molecule has 0 fully saturated rings. The summed E-state index contributed by atoms with van der Waals surface area (Å²) in [7, 11) is 1.06. The highest BCUT2D eigenvalue weighted by atomic mass is 35.7. The molecule has 17 heavy (non-hydrogen) atoms. The molecule has 0 aliphatic rings. The van der Waals surface area contributed by atoms with Crippen molar-refractivity contribution in [2.45, 2.75) is 18.2 Å². The summed E-state index contributed by atoms with van der Waals surface area (Å²) in [5.74, 6) is 0. The molecule has 8 heteroatoms. The number of benzene rings is 1. The van der Waals surface area contributed by atoms with Crippen molar-refractivity contribution < 1.29 is 18.1 Å². The fraction of sp³-hybridized carbons (Fsp3) is 0.222. The fourth-order valence-electron chi connectivity index (χ4n) is 1.46. The average Bonchev–Trinajstić information content (AvgIpc) is 2.25. The Hall–Kier alpha value is -1.47. The maximum absolute atomic E-state index is 11.3. The Bertz CT molecular complexity index is 581. The van der Waals surface area contributed by atoms with E-state index in [2.05, 4.69) is 0 Å². The highest BCUT2D eigenvalue weighted by molar-refractivity contribution is 8.13. The number of non-ortho nitro benzene ring substituents is 1. The molecule has 0 aliphatic carbocycles. The van der Waals surface area contributed by atoms with E-state index >= 15 is 0 Å². The smallest absolute Gasteiger partial charge is 0.271 e. The number of nitrogens with zero attached hydrogens (tertiary/aromatic N) is 1. The lowest BCUT2D eigenvalue weighted by Crippen LogP contribution is -2.03. The summed E-state index contributed by atoms with van der Waals surface area (Å²) < 4.78 is 22.6. The third-order valence-electron chi connectivity index (χ3n) is 2.18. The van der Waals surface area contributed by atoms with E-state index in [4.69, 9.17) is 10.7 Å². The lowest BCUT2D eigenvalue weighted by molar-refractivity contribution is -0.385. The molecule has 0 aromatic heterocycles. The van der Waals surface area contributed by atoms with E-state index in [0.29, 0.717) is 6.29 Å². The van der Waals surface area contributed by atoms with Crippen LogP contribution in [0.15, 0.2) is 17.0 Å². The lowest BCUT2D eigenvalue weighted by atomic mass is 10.1. The van der Waals surface area contributed by atoms with Crippen molar-refractivity contribution in [3.8, 4) is 0 Å². The third kappa shape index (κ3) is 2.80.